The van der Waals surface area contributed by atoms with Crippen molar-refractivity contribution in [2.45, 2.75) is 11.8 Å². The lowest BCUT2D eigenvalue weighted by Crippen LogP contribution is -2.16. The van der Waals surface area contributed by atoms with Crippen LogP contribution >= 0.6 is 15.9 Å². The Labute approximate surface area is 119 Å². The fourth-order valence-corrected chi connectivity index (χ4v) is 3.01. The highest BCUT2D eigenvalue weighted by Gasteiger charge is 2.25. The van der Waals surface area contributed by atoms with E-state index in [0.717, 1.165) is 23.2 Å². The molecule has 0 aromatic heterocycles. The van der Waals surface area contributed by atoms with E-state index in [1.807, 2.05) is 11.0 Å². The van der Waals surface area contributed by atoms with E-state index in [9.17, 15) is 8.78 Å². The quantitative estimate of drug-likeness (QED) is 0.733. The smallest absolute Gasteiger partial charge is 0.147 e. The first-order chi connectivity index (χ1) is 9.20. The van der Waals surface area contributed by atoms with Crippen LogP contribution in [0.4, 0.5) is 20.2 Å². The zero-order valence-corrected chi connectivity index (χ0v) is 11.8. The van der Waals surface area contributed by atoms with Crippen molar-refractivity contribution in [2.24, 2.45) is 0 Å². The van der Waals surface area contributed by atoms with E-state index in [2.05, 4.69) is 15.9 Å². The summed E-state index contributed by atoms with van der Waals surface area (Å²) in [4.78, 5) is 1.87. The number of hydrogen-bond acceptors (Lipinski definition) is 1. The van der Waals surface area contributed by atoms with Crippen molar-refractivity contribution in [1.29, 1.82) is 0 Å². The Morgan fingerprint density at radius 3 is 2.79 bits per heavy atom. The number of hydrogen-bond donors (Lipinski definition) is 0. The fraction of sp³-hybridized carbons (Fsp3) is 0.200. The number of para-hydroxylation sites is 1. The number of benzene rings is 2. The Kier molecular flexibility index (Phi) is 3.27. The largest absolute Gasteiger partial charge is 0.338 e. The van der Waals surface area contributed by atoms with Crippen molar-refractivity contribution in [3.63, 3.8) is 0 Å². The van der Waals surface area contributed by atoms with E-state index in [1.54, 1.807) is 12.1 Å². The molecule has 0 N–H and O–H groups in total. The molecule has 1 aliphatic heterocycles. The van der Waals surface area contributed by atoms with Crippen LogP contribution in [0.1, 0.15) is 11.1 Å². The van der Waals surface area contributed by atoms with Crippen LogP contribution in [-0.2, 0) is 11.8 Å². The molecule has 2 aromatic rings. The van der Waals surface area contributed by atoms with Crippen molar-refractivity contribution in [3.8, 4) is 0 Å². The van der Waals surface area contributed by atoms with Gasteiger partial charge < -0.3 is 4.90 Å². The lowest BCUT2D eigenvalue weighted by molar-refractivity contribution is 0.622. The second-order valence-corrected chi connectivity index (χ2v) is 5.12. The summed E-state index contributed by atoms with van der Waals surface area (Å²) in [7, 11) is 0. The molecule has 19 heavy (non-hydrogen) atoms. The number of anilines is 2. The highest BCUT2D eigenvalue weighted by molar-refractivity contribution is 9.08. The number of fused-ring (bicyclic) bond motifs is 1. The number of nitrogens with zero attached hydrogens (tertiary/aromatic N) is 1. The van der Waals surface area contributed by atoms with E-state index in [0.29, 0.717) is 17.6 Å². The Morgan fingerprint density at radius 2 is 2.00 bits per heavy atom. The van der Waals surface area contributed by atoms with E-state index in [1.165, 1.54) is 18.2 Å². The number of alkyl halides is 1. The third-order valence-corrected chi connectivity index (χ3v) is 4.03. The normalized spacial score (nSPS) is 13.7. The highest BCUT2D eigenvalue weighted by atomic mass is 79.9. The van der Waals surface area contributed by atoms with Crippen LogP contribution in [0.15, 0.2) is 36.4 Å². The Morgan fingerprint density at radius 1 is 1.16 bits per heavy atom. The molecule has 0 amide bonds. The first kappa shape index (κ1) is 12.6. The molecule has 1 aliphatic rings. The molecule has 0 spiro atoms. The SMILES string of the molecule is Fc1ccc2c(c1)N(c1c(F)cccc1CBr)CC2. The molecule has 3 rings (SSSR count). The van der Waals surface area contributed by atoms with Crippen LogP contribution in [0.5, 0.6) is 0 Å². The molecule has 0 fully saturated rings. The van der Waals surface area contributed by atoms with E-state index in [-0.39, 0.29) is 11.6 Å². The third-order valence-electron chi connectivity index (χ3n) is 3.43. The van der Waals surface area contributed by atoms with Gasteiger partial charge in [-0.15, -0.1) is 0 Å². The summed E-state index contributed by atoms with van der Waals surface area (Å²) in [5.74, 6) is -0.559. The molecule has 0 radical (unpaired) electrons. The molecule has 0 saturated carbocycles. The van der Waals surface area contributed by atoms with Crippen LogP contribution in [0.2, 0.25) is 0 Å². The van der Waals surface area contributed by atoms with Gasteiger partial charge in [0.1, 0.15) is 11.6 Å². The Bertz CT molecular complexity index is 628. The van der Waals surface area contributed by atoms with Crippen LogP contribution in [0.25, 0.3) is 0 Å². The third kappa shape index (κ3) is 2.14. The van der Waals surface area contributed by atoms with Crippen molar-refractivity contribution in [1.82, 2.24) is 0 Å². The van der Waals surface area contributed by atoms with Gasteiger partial charge in [0.2, 0.25) is 0 Å². The predicted molar refractivity (Wildman–Crippen MR) is 76.1 cm³/mol. The van der Waals surface area contributed by atoms with Crippen molar-refractivity contribution in [3.05, 3.63) is 59.2 Å². The molecular weight excluding hydrogens is 312 g/mol. The second-order valence-electron chi connectivity index (χ2n) is 4.56. The molecule has 1 nitrogen and oxygen atoms in total. The van der Waals surface area contributed by atoms with Gasteiger partial charge in [-0.25, -0.2) is 8.78 Å². The molecule has 1 heterocycles. The maximum Gasteiger partial charge on any atom is 0.147 e. The van der Waals surface area contributed by atoms with Gasteiger partial charge in [0.05, 0.1) is 5.69 Å². The minimum atomic E-state index is -0.289. The zero-order valence-electron chi connectivity index (χ0n) is 10.2. The predicted octanol–water partition coefficient (Wildman–Crippen LogP) is 4.55. The van der Waals surface area contributed by atoms with Gasteiger partial charge in [0.25, 0.3) is 0 Å². The molecule has 98 valence electrons. The maximum absolute atomic E-state index is 14.1. The Balaban J connectivity index is 2.14. The molecule has 4 heteroatoms. The van der Waals surface area contributed by atoms with E-state index in [4.69, 9.17) is 0 Å². The summed E-state index contributed by atoms with van der Waals surface area (Å²) in [6, 6.07) is 9.72. The zero-order chi connectivity index (χ0) is 13.4. The first-order valence-electron chi connectivity index (χ1n) is 6.10. The minimum absolute atomic E-state index is 0.269. The van der Waals surface area contributed by atoms with Gasteiger partial charge in [-0.1, -0.05) is 34.1 Å². The van der Waals surface area contributed by atoms with Gasteiger partial charge in [-0.3, -0.25) is 0 Å². The van der Waals surface area contributed by atoms with Crippen molar-refractivity contribution in [2.75, 3.05) is 11.4 Å². The lowest BCUT2D eigenvalue weighted by atomic mass is 10.1. The number of halogens is 3. The average molecular weight is 324 g/mol. The van der Waals surface area contributed by atoms with Gasteiger partial charge in [0.15, 0.2) is 0 Å². The van der Waals surface area contributed by atoms with Crippen LogP contribution in [0.3, 0.4) is 0 Å². The van der Waals surface area contributed by atoms with Gasteiger partial charge in [-0.2, -0.15) is 0 Å². The van der Waals surface area contributed by atoms with Crippen LogP contribution in [-0.4, -0.2) is 6.54 Å². The van der Waals surface area contributed by atoms with E-state index >= 15 is 0 Å². The molecule has 0 unspecified atom stereocenters. The Hall–Kier alpha value is -1.42. The second kappa shape index (κ2) is 4.93. The summed E-state index contributed by atoms with van der Waals surface area (Å²) in [6.07, 6.45) is 0.811. The van der Waals surface area contributed by atoms with Gasteiger partial charge in [0, 0.05) is 17.6 Å². The molecule has 0 atom stereocenters. The van der Waals surface area contributed by atoms with Gasteiger partial charge in [-0.05, 0) is 35.7 Å². The number of rotatable bonds is 2. The molecule has 0 aliphatic carbocycles. The summed E-state index contributed by atoms with van der Waals surface area (Å²) >= 11 is 3.38. The van der Waals surface area contributed by atoms with Crippen molar-refractivity contribution >= 4 is 27.3 Å². The molecule has 0 bridgehead atoms. The summed E-state index contributed by atoms with van der Waals surface area (Å²) in [5.41, 5.74) is 3.25. The highest BCUT2D eigenvalue weighted by Crippen LogP contribution is 2.38. The molecule has 2 aromatic carbocycles. The van der Waals surface area contributed by atoms with Crippen LogP contribution < -0.4 is 4.90 Å². The maximum atomic E-state index is 14.1. The molecule has 0 saturated heterocycles. The fourth-order valence-electron chi connectivity index (χ4n) is 2.55. The van der Waals surface area contributed by atoms with Crippen LogP contribution in [0, 0.1) is 11.6 Å². The summed E-state index contributed by atoms with van der Waals surface area (Å²) in [6.45, 7) is 0.680. The lowest BCUT2D eigenvalue weighted by Gasteiger charge is -2.23. The average Bonchev–Trinajstić information content (AvgIpc) is 2.81. The minimum Gasteiger partial charge on any atom is -0.338 e. The van der Waals surface area contributed by atoms with Crippen molar-refractivity contribution < 1.29 is 8.78 Å². The first-order valence-corrected chi connectivity index (χ1v) is 7.22. The summed E-state index contributed by atoms with van der Waals surface area (Å²) < 4.78 is 27.5. The standard InChI is InChI=1S/C15H12BrF2N/c16-9-11-2-1-3-13(18)15(11)19-7-6-10-4-5-12(17)8-14(10)19/h1-5,8H,6-7,9H2. The summed E-state index contributed by atoms with van der Waals surface area (Å²) in [5, 5.41) is 0.571. The topological polar surface area (TPSA) is 3.24 Å². The van der Waals surface area contributed by atoms with E-state index < -0.39 is 0 Å². The van der Waals surface area contributed by atoms with Gasteiger partial charge >= 0.3 is 0 Å². The molecular formula is C15H12BrF2N. The monoisotopic (exact) mass is 323 g/mol.